The van der Waals surface area contributed by atoms with Crippen LogP contribution in [-0.4, -0.2) is 81.1 Å². The summed E-state index contributed by atoms with van der Waals surface area (Å²) in [5, 5.41) is 10.2. The quantitative estimate of drug-likeness (QED) is 0.325. The molecule has 0 radical (unpaired) electrons. The lowest BCUT2D eigenvalue weighted by molar-refractivity contribution is -0.138. The van der Waals surface area contributed by atoms with Crippen molar-refractivity contribution in [3.05, 3.63) is 58.3 Å². The second kappa shape index (κ2) is 13.3. The normalized spacial score (nSPS) is 18.9. The zero-order chi connectivity index (χ0) is 28.9. The summed E-state index contributed by atoms with van der Waals surface area (Å²) < 4.78 is 6.18. The van der Waals surface area contributed by atoms with Gasteiger partial charge in [-0.1, -0.05) is 30.1 Å². The maximum absolute atomic E-state index is 11.1. The van der Waals surface area contributed by atoms with Crippen molar-refractivity contribution < 1.29 is 14.6 Å². The molecule has 1 N–H and O–H groups in total. The average molecular weight is 600 g/mol. The third kappa shape index (κ3) is 7.86. The highest BCUT2D eigenvalue weighted by Gasteiger charge is 2.25. The van der Waals surface area contributed by atoms with Crippen LogP contribution >= 0.6 is 23.2 Å². The van der Waals surface area contributed by atoms with Crippen LogP contribution in [0.2, 0.25) is 10.0 Å². The highest BCUT2D eigenvalue weighted by Crippen LogP contribution is 2.31. The van der Waals surface area contributed by atoms with Crippen LogP contribution in [0.5, 0.6) is 11.6 Å². The van der Waals surface area contributed by atoms with E-state index in [1.54, 1.807) is 18.5 Å². The number of anilines is 1. The highest BCUT2D eigenvalue weighted by atomic mass is 35.5. The first-order chi connectivity index (χ1) is 19.7. The number of hydrogen-bond donors (Lipinski definition) is 1. The standard InChI is InChI=1S/C30H36Cl2N6O3/c1-3-36-8-9-38(20(2)18-36)30-33-16-26(17-34-30)41-28-11-22(19-37-6-4-21(5-7-37)12-29(39)40)10-27(35-28)23-13-24(31)15-25(32)14-23/h10-11,13-17,20-21H,3-9,12,18-19H2,1-2H3,(H,39,40)/t20-/m0/s1. The number of nitrogens with zero attached hydrogens (tertiary/aromatic N) is 6. The Balaban J connectivity index is 1.34. The SMILES string of the molecule is CCN1CCN(c2ncc(Oc3cc(CN4CCC(CC(=O)O)CC4)cc(-c4cc(Cl)cc(Cl)c4)n3)cn2)[C@@H](C)C1. The summed E-state index contributed by atoms with van der Waals surface area (Å²) >= 11 is 12.6. The van der Waals surface area contributed by atoms with E-state index in [1.165, 1.54) is 0 Å². The fourth-order valence-corrected chi connectivity index (χ4v) is 6.18. The Hall–Kier alpha value is -2.98. The molecule has 0 aliphatic carbocycles. The summed E-state index contributed by atoms with van der Waals surface area (Å²) in [7, 11) is 0. The molecule has 0 spiro atoms. The molecule has 2 fully saturated rings. The van der Waals surface area contributed by atoms with E-state index in [2.05, 4.69) is 38.5 Å². The van der Waals surface area contributed by atoms with Gasteiger partial charge in [0, 0.05) is 60.3 Å². The van der Waals surface area contributed by atoms with E-state index < -0.39 is 5.97 Å². The minimum atomic E-state index is -0.727. The van der Waals surface area contributed by atoms with Crippen molar-refractivity contribution in [2.45, 2.75) is 45.7 Å². The molecule has 41 heavy (non-hydrogen) atoms. The summed E-state index contributed by atoms with van der Waals surface area (Å²) in [5.74, 6) is 1.13. The van der Waals surface area contributed by atoms with Crippen LogP contribution < -0.4 is 9.64 Å². The first-order valence-electron chi connectivity index (χ1n) is 14.2. The highest BCUT2D eigenvalue weighted by molar-refractivity contribution is 6.35. The number of hydrogen-bond acceptors (Lipinski definition) is 8. The van der Waals surface area contributed by atoms with Gasteiger partial charge in [-0.15, -0.1) is 0 Å². The molecule has 3 aromatic rings. The van der Waals surface area contributed by atoms with E-state index in [0.29, 0.717) is 45.9 Å². The molecule has 0 bridgehead atoms. The van der Waals surface area contributed by atoms with Crippen molar-refractivity contribution in [1.29, 1.82) is 0 Å². The number of rotatable bonds is 9. The Kier molecular flexibility index (Phi) is 9.60. The maximum Gasteiger partial charge on any atom is 0.303 e. The molecule has 11 heteroatoms. The predicted molar refractivity (Wildman–Crippen MR) is 161 cm³/mol. The van der Waals surface area contributed by atoms with Crippen molar-refractivity contribution in [3.8, 4) is 22.9 Å². The Morgan fingerprint density at radius 1 is 1.00 bits per heavy atom. The summed E-state index contributed by atoms with van der Waals surface area (Å²) in [4.78, 5) is 32.1. The van der Waals surface area contributed by atoms with Crippen molar-refractivity contribution in [2.75, 3.05) is 44.2 Å². The number of carboxylic acids is 1. The Morgan fingerprint density at radius 2 is 1.71 bits per heavy atom. The van der Waals surface area contributed by atoms with Crippen molar-refractivity contribution >= 4 is 35.1 Å². The number of carboxylic acid groups (broad SMARTS) is 1. The molecule has 4 heterocycles. The monoisotopic (exact) mass is 598 g/mol. The molecule has 2 aliphatic rings. The second-order valence-corrected chi connectivity index (χ2v) is 11.8. The molecular formula is C30H36Cl2N6O3. The molecule has 218 valence electrons. The number of carbonyl (C=O) groups is 1. The largest absolute Gasteiger partial charge is 0.481 e. The first kappa shape index (κ1) is 29.5. The fourth-order valence-electron chi connectivity index (χ4n) is 5.65. The van der Waals surface area contributed by atoms with Crippen LogP contribution in [0.3, 0.4) is 0 Å². The van der Waals surface area contributed by atoms with E-state index in [-0.39, 0.29) is 12.3 Å². The van der Waals surface area contributed by atoms with Gasteiger partial charge in [0.25, 0.3) is 0 Å². The minimum Gasteiger partial charge on any atom is -0.481 e. The first-order valence-corrected chi connectivity index (χ1v) is 14.9. The number of piperidine rings is 1. The molecule has 0 saturated carbocycles. The topological polar surface area (TPSA) is 94.9 Å². The molecule has 2 saturated heterocycles. The molecule has 5 rings (SSSR count). The number of likely N-dealkylation sites (tertiary alicyclic amines) is 1. The minimum absolute atomic E-state index is 0.228. The summed E-state index contributed by atoms with van der Waals surface area (Å²) in [6, 6.07) is 9.64. The van der Waals surface area contributed by atoms with E-state index in [0.717, 1.165) is 63.2 Å². The second-order valence-electron chi connectivity index (χ2n) is 10.9. The molecule has 0 amide bonds. The Labute approximate surface area is 251 Å². The number of halogens is 2. The fraction of sp³-hybridized carbons (Fsp3) is 0.467. The number of aromatic nitrogens is 3. The predicted octanol–water partition coefficient (Wildman–Crippen LogP) is 5.85. The van der Waals surface area contributed by atoms with Crippen molar-refractivity contribution in [3.63, 3.8) is 0 Å². The number of aliphatic carboxylic acids is 1. The van der Waals surface area contributed by atoms with Gasteiger partial charge in [-0.3, -0.25) is 14.6 Å². The van der Waals surface area contributed by atoms with E-state index >= 15 is 0 Å². The molecule has 1 aromatic carbocycles. The van der Waals surface area contributed by atoms with Gasteiger partial charge in [-0.05, 0) is 75.1 Å². The maximum atomic E-state index is 11.1. The zero-order valence-corrected chi connectivity index (χ0v) is 25.0. The molecule has 9 nitrogen and oxygen atoms in total. The van der Waals surface area contributed by atoms with Crippen molar-refractivity contribution in [1.82, 2.24) is 24.8 Å². The lowest BCUT2D eigenvalue weighted by Gasteiger charge is -2.39. The molecule has 2 aliphatic heterocycles. The van der Waals surface area contributed by atoms with Gasteiger partial charge >= 0.3 is 5.97 Å². The van der Waals surface area contributed by atoms with Gasteiger partial charge in [-0.2, -0.15) is 0 Å². The Morgan fingerprint density at radius 3 is 2.34 bits per heavy atom. The molecular weight excluding hydrogens is 563 g/mol. The number of piperazine rings is 1. The van der Waals surface area contributed by atoms with E-state index in [9.17, 15) is 4.79 Å². The van der Waals surface area contributed by atoms with Crippen molar-refractivity contribution in [2.24, 2.45) is 5.92 Å². The summed E-state index contributed by atoms with van der Waals surface area (Å²) in [5.41, 5.74) is 2.52. The smallest absolute Gasteiger partial charge is 0.303 e. The van der Waals surface area contributed by atoms with Gasteiger partial charge in [0.05, 0.1) is 18.1 Å². The van der Waals surface area contributed by atoms with Gasteiger partial charge < -0.3 is 14.7 Å². The zero-order valence-electron chi connectivity index (χ0n) is 23.5. The number of likely N-dealkylation sites (N-methyl/N-ethyl adjacent to an activating group) is 1. The van der Waals surface area contributed by atoms with Crippen LogP contribution in [0, 0.1) is 5.92 Å². The van der Waals surface area contributed by atoms with Crippen LogP contribution in [0.15, 0.2) is 42.7 Å². The summed E-state index contributed by atoms with van der Waals surface area (Å²) in [6.07, 6.45) is 5.35. The number of pyridine rings is 1. The average Bonchev–Trinajstić information content (AvgIpc) is 2.94. The van der Waals surface area contributed by atoms with Gasteiger partial charge in [0.1, 0.15) is 0 Å². The van der Waals surface area contributed by atoms with Gasteiger partial charge in [0.15, 0.2) is 5.75 Å². The van der Waals surface area contributed by atoms with Crippen LogP contribution in [-0.2, 0) is 11.3 Å². The molecule has 1 atom stereocenters. The lowest BCUT2D eigenvalue weighted by atomic mass is 9.93. The van der Waals surface area contributed by atoms with Crippen LogP contribution in [0.1, 0.15) is 38.7 Å². The van der Waals surface area contributed by atoms with E-state index in [1.807, 2.05) is 24.3 Å². The Bertz CT molecular complexity index is 1330. The van der Waals surface area contributed by atoms with Crippen LogP contribution in [0.4, 0.5) is 5.95 Å². The summed E-state index contributed by atoms with van der Waals surface area (Å²) in [6.45, 7) is 10.7. The van der Waals surface area contributed by atoms with E-state index in [4.69, 9.17) is 38.0 Å². The third-order valence-corrected chi connectivity index (χ3v) is 8.29. The number of benzene rings is 1. The van der Waals surface area contributed by atoms with Crippen LogP contribution in [0.25, 0.3) is 11.3 Å². The lowest BCUT2D eigenvalue weighted by Crippen LogP contribution is -2.52. The third-order valence-electron chi connectivity index (χ3n) is 7.85. The molecule has 2 aromatic heterocycles. The van der Waals surface area contributed by atoms with Gasteiger partial charge in [-0.25, -0.2) is 15.0 Å². The van der Waals surface area contributed by atoms with Gasteiger partial charge in [0.2, 0.25) is 11.8 Å². The number of ether oxygens (including phenoxy) is 1. The molecule has 0 unspecified atom stereocenters.